The van der Waals surface area contributed by atoms with Crippen LogP contribution in [0.5, 0.6) is 0 Å². The fraction of sp³-hybridized carbons (Fsp3) is 0.800. The highest BCUT2D eigenvalue weighted by Crippen LogP contribution is 2.14. The summed E-state index contributed by atoms with van der Waals surface area (Å²) in [7, 11) is 0. The molecule has 1 fully saturated rings. The Balaban J connectivity index is 2.28. The van der Waals surface area contributed by atoms with Gasteiger partial charge in [0.05, 0.1) is 0 Å². The van der Waals surface area contributed by atoms with E-state index in [4.69, 9.17) is 0 Å². The van der Waals surface area contributed by atoms with Gasteiger partial charge in [-0.15, -0.1) is 0 Å². The number of hydrogen-bond acceptors (Lipinski definition) is 3. The summed E-state index contributed by atoms with van der Waals surface area (Å²) in [6.07, 6.45) is -2.38. The number of hydrogen-bond donors (Lipinski definition) is 2. The molecule has 1 rings (SSSR count). The van der Waals surface area contributed by atoms with E-state index in [1.807, 2.05) is 0 Å². The molecule has 0 aromatic rings. The van der Waals surface area contributed by atoms with Crippen LogP contribution in [0, 0.1) is 0 Å². The summed E-state index contributed by atoms with van der Waals surface area (Å²) in [5.74, 6) is -1.03. The molecule has 0 aromatic heterocycles. The third-order valence-corrected chi connectivity index (χ3v) is 2.37. The monoisotopic (exact) mass is 268 g/mol. The van der Waals surface area contributed by atoms with Crippen molar-refractivity contribution in [2.24, 2.45) is 0 Å². The summed E-state index contributed by atoms with van der Waals surface area (Å²) >= 11 is 0. The minimum Gasteiger partial charge on any atom is -0.362 e. The van der Waals surface area contributed by atoms with Crippen LogP contribution in [0.15, 0.2) is 0 Å². The van der Waals surface area contributed by atoms with Crippen molar-refractivity contribution in [1.29, 1.82) is 0 Å². The molecular formula is C10H15F3N2O3. The smallest absolute Gasteiger partial charge is 0.362 e. The molecule has 104 valence electrons. The van der Waals surface area contributed by atoms with Crippen molar-refractivity contribution < 1.29 is 27.5 Å². The lowest BCUT2D eigenvalue weighted by Gasteiger charge is -2.15. The number of nitrogens with one attached hydrogen (secondary N) is 2. The molecule has 1 aliphatic rings. The number of amides is 2. The summed E-state index contributed by atoms with van der Waals surface area (Å²) in [5, 5.41) is 4.96. The van der Waals surface area contributed by atoms with E-state index in [9.17, 15) is 22.8 Å². The Hall–Kier alpha value is -1.31. The zero-order valence-corrected chi connectivity index (χ0v) is 9.68. The molecular weight excluding hydrogens is 253 g/mol. The van der Waals surface area contributed by atoms with Crippen molar-refractivity contribution in [1.82, 2.24) is 10.6 Å². The van der Waals surface area contributed by atoms with Gasteiger partial charge in [-0.3, -0.25) is 9.59 Å². The van der Waals surface area contributed by atoms with E-state index >= 15 is 0 Å². The number of rotatable bonds is 4. The molecule has 1 aliphatic heterocycles. The Morgan fingerprint density at radius 2 is 2.17 bits per heavy atom. The molecule has 8 heteroatoms. The highest BCUT2D eigenvalue weighted by molar-refractivity contribution is 5.88. The molecule has 1 saturated heterocycles. The predicted octanol–water partition coefficient (Wildman–Crippen LogP) is 0.350. The van der Waals surface area contributed by atoms with Gasteiger partial charge in [0.2, 0.25) is 11.8 Å². The molecule has 0 bridgehead atoms. The van der Waals surface area contributed by atoms with E-state index in [1.54, 1.807) is 0 Å². The SMILES string of the molecule is O=C(COCC(F)(F)F)NC1CCCCNC1=O. The van der Waals surface area contributed by atoms with Gasteiger partial charge in [-0.2, -0.15) is 13.2 Å². The molecule has 0 saturated carbocycles. The molecule has 2 amide bonds. The minimum atomic E-state index is -4.46. The standard InChI is InChI=1S/C10H15F3N2O3/c11-10(12,13)6-18-5-8(16)15-7-3-1-2-4-14-9(7)17/h7H,1-6H2,(H,14,17)(H,15,16). The largest absolute Gasteiger partial charge is 0.411 e. The maximum absolute atomic E-state index is 11.8. The van der Waals surface area contributed by atoms with Crippen molar-refractivity contribution in [2.45, 2.75) is 31.5 Å². The van der Waals surface area contributed by atoms with Gasteiger partial charge < -0.3 is 15.4 Å². The average molecular weight is 268 g/mol. The van der Waals surface area contributed by atoms with E-state index in [0.717, 1.165) is 12.8 Å². The number of carbonyl (C=O) groups is 2. The van der Waals surface area contributed by atoms with Gasteiger partial charge in [0.1, 0.15) is 19.3 Å². The fourth-order valence-corrected chi connectivity index (χ4v) is 1.57. The third kappa shape index (κ3) is 5.85. The van der Waals surface area contributed by atoms with E-state index in [1.165, 1.54) is 0 Å². The molecule has 0 aromatic carbocycles. The van der Waals surface area contributed by atoms with Gasteiger partial charge >= 0.3 is 6.18 Å². The van der Waals surface area contributed by atoms with Crippen LogP contribution in [-0.4, -0.2) is 43.8 Å². The van der Waals surface area contributed by atoms with Crippen LogP contribution in [0.25, 0.3) is 0 Å². The zero-order valence-electron chi connectivity index (χ0n) is 9.68. The Bertz CT molecular complexity index is 307. The second-order valence-electron chi connectivity index (χ2n) is 4.01. The lowest BCUT2D eigenvalue weighted by atomic mass is 10.1. The Morgan fingerprint density at radius 3 is 2.83 bits per heavy atom. The van der Waals surface area contributed by atoms with Crippen molar-refractivity contribution in [2.75, 3.05) is 19.8 Å². The first-order valence-electron chi connectivity index (χ1n) is 5.60. The van der Waals surface area contributed by atoms with Crippen LogP contribution in [0.4, 0.5) is 13.2 Å². The number of ether oxygens (including phenoxy) is 1. The van der Waals surface area contributed by atoms with E-state index in [0.29, 0.717) is 13.0 Å². The van der Waals surface area contributed by atoms with Crippen molar-refractivity contribution in [3.8, 4) is 0 Å². The topological polar surface area (TPSA) is 67.4 Å². The quantitative estimate of drug-likeness (QED) is 0.773. The van der Waals surface area contributed by atoms with Gasteiger partial charge in [0, 0.05) is 6.54 Å². The maximum Gasteiger partial charge on any atom is 0.411 e. The maximum atomic E-state index is 11.8. The van der Waals surface area contributed by atoms with E-state index in [2.05, 4.69) is 15.4 Å². The van der Waals surface area contributed by atoms with Gasteiger partial charge in [0.15, 0.2) is 0 Å². The molecule has 1 unspecified atom stereocenters. The van der Waals surface area contributed by atoms with Crippen molar-refractivity contribution in [3.05, 3.63) is 0 Å². The van der Waals surface area contributed by atoms with Crippen molar-refractivity contribution in [3.63, 3.8) is 0 Å². The average Bonchev–Trinajstić information content (AvgIpc) is 2.42. The summed E-state index contributed by atoms with van der Waals surface area (Å²) in [4.78, 5) is 22.7. The Kier molecular flexibility index (Phi) is 5.39. The van der Waals surface area contributed by atoms with Gasteiger partial charge in [-0.25, -0.2) is 0 Å². The Morgan fingerprint density at radius 1 is 1.44 bits per heavy atom. The van der Waals surface area contributed by atoms with Crippen LogP contribution in [0.2, 0.25) is 0 Å². The lowest BCUT2D eigenvalue weighted by molar-refractivity contribution is -0.176. The summed E-state index contributed by atoms with van der Waals surface area (Å²) in [5.41, 5.74) is 0. The van der Waals surface area contributed by atoms with Crippen molar-refractivity contribution >= 4 is 11.8 Å². The van der Waals surface area contributed by atoms with Gasteiger partial charge in [-0.05, 0) is 19.3 Å². The molecule has 0 aliphatic carbocycles. The molecule has 0 spiro atoms. The zero-order chi connectivity index (χ0) is 13.6. The summed E-state index contributed by atoms with van der Waals surface area (Å²) in [6, 6.07) is -0.686. The third-order valence-electron chi connectivity index (χ3n) is 2.37. The second kappa shape index (κ2) is 6.58. The first-order chi connectivity index (χ1) is 8.38. The summed E-state index contributed by atoms with van der Waals surface area (Å²) in [6.45, 7) is -1.63. The van der Waals surface area contributed by atoms with Gasteiger partial charge in [0.25, 0.3) is 0 Å². The number of alkyl halides is 3. The molecule has 1 atom stereocenters. The van der Waals surface area contributed by atoms with Crippen LogP contribution in [0.1, 0.15) is 19.3 Å². The normalized spacial score (nSPS) is 21.1. The Labute approximate surface area is 102 Å². The van der Waals surface area contributed by atoms with Crippen LogP contribution in [-0.2, 0) is 14.3 Å². The second-order valence-corrected chi connectivity index (χ2v) is 4.01. The molecule has 1 heterocycles. The van der Waals surface area contributed by atoms with Crippen LogP contribution >= 0.6 is 0 Å². The predicted molar refractivity (Wildman–Crippen MR) is 55.7 cm³/mol. The molecule has 18 heavy (non-hydrogen) atoms. The minimum absolute atomic E-state index is 0.309. The first-order valence-corrected chi connectivity index (χ1v) is 5.60. The highest BCUT2D eigenvalue weighted by atomic mass is 19.4. The number of halogens is 3. The number of carbonyl (C=O) groups excluding carboxylic acids is 2. The van der Waals surface area contributed by atoms with E-state index in [-0.39, 0.29) is 5.91 Å². The molecule has 0 radical (unpaired) electrons. The van der Waals surface area contributed by atoms with Crippen LogP contribution < -0.4 is 10.6 Å². The van der Waals surface area contributed by atoms with Gasteiger partial charge in [-0.1, -0.05) is 0 Å². The molecule has 2 N–H and O–H groups in total. The molecule has 5 nitrogen and oxygen atoms in total. The summed E-state index contributed by atoms with van der Waals surface area (Å²) < 4.78 is 39.5. The lowest BCUT2D eigenvalue weighted by Crippen LogP contribution is -2.46. The van der Waals surface area contributed by atoms with Crippen LogP contribution in [0.3, 0.4) is 0 Å². The first kappa shape index (κ1) is 14.7. The fourth-order valence-electron chi connectivity index (χ4n) is 1.57. The highest BCUT2D eigenvalue weighted by Gasteiger charge is 2.28. The van der Waals surface area contributed by atoms with E-state index < -0.39 is 31.3 Å².